The fourth-order valence-corrected chi connectivity index (χ4v) is 2.05. The van der Waals surface area contributed by atoms with Crippen LogP contribution in [0.15, 0.2) is 0 Å². The van der Waals surface area contributed by atoms with Gasteiger partial charge in [0.2, 0.25) is 0 Å². The van der Waals surface area contributed by atoms with Crippen molar-refractivity contribution in [3.8, 4) is 0 Å². The molecule has 1 fully saturated rings. The number of hydrogen-bond acceptors (Lipinski definition) is 2. The third kappa shape index (κ3) is 2.71. The first-order valence-corrected chi connectivity index (χ1v) is 5.65. The van der Waals surface area contributed by atoms with E-state index in [-0.39, 0.29) is 5.92 Å². The van der Waals surface area contributed by atoms with E-state index in [9.17, 15) is 4.79 Å². The third-order valence-corrected chi connectivity index (χ3v) is 3.14. The van der Waals surface area contributed by atoms with Gasteiger partial charge in [-0.15, -0.1) is 0 Å². The number of carboxylic acids is 1. The number of carbonyl (C=O) groups is 1. The van der Waals surface area contributed by atoms with E-state index in [1.807, 2.05) is 0 Å². The van der Waals surface area contributed by atoms with E-state index >= 15 is 0 Å². The molecular formula is C11H21NO2. The summed E-state index contributed by atoms with van der Waals surface area (Å²) in [6.07, 6.45) is 4.85. The molecule has 0 bridgehead atoms. The lowest BCUT2D eigenvalue weighted by atomic mass is 9.94. The highest BCUT2D eigenvalue weighted by molar-refractivity contribution is 5.71. The summed E-state index contributed by atoms with van der Waals surface area (Å²) in [5, 5.41) is 8.75. The standard InChI is InChI=1S/C11H21NO2/c1-3-5-6-10(4-2)12-7-9(8-12)11(13)14/h9-10H,3-8H2,1-2H3,(H,13,14). The van der Waals surface area contributed by atoms with E-state index in [2.05, 4.69) is 18.7 Å². The molecular weight excluding hydrogens is 178 g/mol. The van der Waals surface area contributed by atoms with E-state index in [0.29, 0.717) is 6.04 Å². The van der Waals surface area contributed by atoms with Gasteiger partial charge in [0.1, 0.15) is 0 Å². The molecule has 1 atom stereocenters. The quantitative estimate of drug-likeness (QED) is 0.711. The van der Waals surface area contributed by atoms with Crippen LogP contribution >= 0.6 is 0 Å². The van der Waals surface area contributed by atoms with E-state index in [0.717, 1.165) is 19.5 Å². The van der Waals surface area contributed by atoms with Gasteiger partial charge in [-0.1, -0.05) is 26.7 Å². The maximum absolute atomic E-state index is 10.6. The van der Waals surface area contributed by atoms with Crippen LogP contribution in [0, 0.1) is 5.92 Å². The van der Waals surface area contributed by atoms with Gasteiger partial charge in [0.15, 0.2) is 0 Å². The summed E-state index contributed by atoms with van der Waals surface area (Å²) in [5.74, 6) is -0.739. The molecule has 1 rings (SSSR count). The summed E-state index contributed by atoms with van der Waals surface area (Å²) in [7, 11) is 0. The fourth-order valence-electron chi connectivity index (χ4n) is 2.05. The average molecular weight is 199 g/mol. The van der Waals surface area contributed by atoms with Crippen LogP contribution in [0.1, 0.15) is 39.5 Å². The Balaban J connectivity index is 2.24. The summed E-state index contributed by atoms with van der Waals surface area (Å²) < 4.78 is 0. The maximum Gasteiger partial charge on any atom is 0.309 e. The van der Waals surface area contributed by atoms with Crippen LogP contribution in [0.25, 0.3) is 0 Å². The largest absolute Gasteiger partial charge is 0.481 e. The second kappa shape index (κ2) is 5.35. The van der Waals surface area contributed by atoms with Crippen molar-refractivity contribution in [1.29, 1.82) is 0 Å². The Morgan fingerprint density at radius 1 is 1.50 bits per heavy atom. The predicted octanol–water partition coefficient (Wildman–Crippen LogP) is 1.97. The summed E-state index contributed by atoms with van der Waals surface area (Å²) in [4.78, 5) is 12.9. The highest BCUT2D eigenvalue weighted by Crippen LogP contribution is 2.23. The molecule has 0 saturated carbocycles. The van der Waals surface area contributed by atoms with Crippen molar-refractivity contribution in [3.63, 3.8) is 0 Å². The minimum Gasteiger partial charge on any atom is -0.481 e. The zero-order valence-electron chi connectivity index (χ0n) is 9.20. The van der Waals surface area contributed by atoms with Gasteiger partial charge in [0, 0.05) is 19.1 Å². The molecule has 0 aliphatic carbocycles. The highest BCUT2D eigenvalue weighted by atomic mass is 16.4. The van der Waals surface area contributed by atoms with Gasteiger partial charge >= 0.3 is 5.97 Å². The Morgan fingerprint density at radius 3 is 2.57 bits per heavy atom. The zero-order valence-corrected chi connectivity index (χ0v) is 9.20. The average Bonchev–Trinajstić information content (AvgIpc) is 2.07. The lowest BCUT2D eigenvalue weighted by molar-refractivity contribution is -0.148. The van der Waals surface area contributed by atoms with Crippen LogP contribution in [0.3, 0.4) is 0 Å². The Kier molecular flexibility index (Phi) is 4.39. The minimum atomic E-state index is -0.633. The second-order valence-electron chi connectivity index (χ2n) is 4.19. The fraction of sp³-hybridized carbons (Fsp3) is 0.909. The lowest BCUT2D eigenvalue weighted by Crippen LogP contribution is -2.54. The Hall–Kier alpha value is -0.570. The Bertz CT molecular complexity index is 188. The first-order valence-electron chi connectivity index (χ1n) is 5.65. The smallest absolute Gasteiger partial charge is 0.309 e. The normalized spacial score (nSPS) is 20.4. The molecule has 0 amide bonds. The molecule has 0 aromatic heterocycles. The molecule has 3 nitrogen and oxygen atoms in total. The van der Waals surface area contributed by atoms with Crippen LogP contribution in [-0.2, 0) is 4.79 Å². The van der Waals surface area contributed by atoms with E-state index in [1.165, 1.54) is 19.3 Å². The molecule has 1 unspecified atom stereocenters. The van der Waals surface area contributed by atoms with Gasteiger partial charge in [-0.25, -0.2) is 0 Å². The lowest BCUT2D eigenvalue weighted by Gasteiger charge is -2.42. The molecule has 14 heavy (non-hydrogen) atoms. The van der Waals surface area contributed by atoms with E-state index < -0.39 is 5.97 Å². The monoisotopic (exact) mass is 199 g/mol. The highest BCUT2D eigenvalue weighted by Gasteiger charge is 2.35. The molecule has 3 heteroatoms. The van der Waals surface area contributed by atoms with Crippen molar-refractivity contribution in [2.24, 2.45) is 5.92 Å². The first-order chi connectivity index (χ1) is 6.69. The number of aliphatic carboxylic acids is 1. The summed E-state index contributed by atoms with van der Waals surface area (Å²) in [6.45, 7) is 5.91. The number of unbranched alkanes of at least 4 members (excludes halogenated alkanes) is 1. The van der Waals surface area contributed by atoms with Crippen molar-refractivity contribution in [1.82, 2.24) is 4.90 Å². The first kappa shape index (κ1) is 11.5. The van der Waals surface area contributed by atoms with Crippen molar-refractivity contribution in [3.05, 3.63) is 0 Å². The predicted molar refractivity (Wildman–Crippen MR) is 56.3 cm³/mol. The van der Waals surface area contributed by atoms with Crippen LogP contribution in [0.5, 0.6) is 0 Å². The molecule has 1 heterocycles. The van der Waals surface area contributed by atoms with Gasteiger partial charge in [-0.2, -0.15) is 0 Å². The maximum atomic E-state index is 10.6. The topological polar surface area (TPSA) is 40.5 Å². The summed E-state index contributed by atoms with van der Waals surface area (Å²) in [6, 6.07) is 0.616. The van der Waals surface area contributed by atoms with Gasteiger partial charge in [0.05, 0.1) is 5.92 Å². The summed E-state index contributed by atoms with van der Waals surface area (Å²) in [5.41, 5.74) is 0. The molecule has 1 saturated heterocycles. The molecule has 82 valence electrons. The third-order valence-electron chi connectivity index (χ3n) is 3.14. The zero-order chi connectivity index (χ0) is 10.6. The number of hydrogen-bond donors (Lipinski definition) is 1. The van der Waals surface area contributed by atoms with Crippen molar-refractivity contribution >= 4 is 5.97 Å². The molecule has 1 N–H and O–H groups in total. The molecule has 1 aliphatic rings. The van der Waals surface area contributed by atoms with E-state index in [1.54, 1.807) is 0 Å². The SMILES string of the molecule is CCCCC(CC)N1CC(C(=O)O)C1. The van der Waals surface area contributed by atoms with Gasteiger partial charge in [-0.05, 0) is 12.8 Å². The van der Waals surface area contributed by atoms with Gasteiger partial charge in [-0.3, -0.25) is 9.69 Å². The summed E-state index contributed by atoms with van der Waals surface area (Å²) >= 11 is 0. The van der Waals surface area contributed by atoms with Gasteiger partial charge in [0.25, 0.3) is 0 Å². The van der Waals surface area contributed by atoms with Crippen LogP contribution in [0.4, 0.5) is 0 Å². The molecule has 0 aromatic carbocycles. The molecule has 0 aromatic rings. The number of likely N-dealkylation sites (tertiary alicyclic amines) is 1. The number of nitrogens with zero attached hydrogens (tertiary/aromatic N) is 1. The second-order valence-corrected chi connectivity index (χ2v) is 4.19. The van der Waals surface area contributed by atoms with Crippen molar-refractivity contribution in [2.45, 2.75) is 45.6 Å². The minimum absolute atomic E-state index is 0.106. The molecule has 0 spiro atoms. The van der Waals surface area contributed by atoms with Crippen LogP contribution in [0.2, 0.25) is 0 Å². The van der Waals surface area contributed by atoms with Gasteiger partial charge < -0.3 is 5.11 Å². The van der Waals surface area contributed by atoms with E-state index in [4.69, 9.17) is 5.11 Å². The molecule has 0 radical (unpaired) electrons. The Morgan fingerprint density at radius 2 is 2.14 bits per heavy atom. The van der Waals surface area contributed by atoms with Crippen molar-refractivity contribution in [2.75, 3.05) is 13.1 Å². The molecule has 1 aliphatic heterocycles. The Labute approximate surface area is 86.1 Å². The number of carboxylic acid groups (broad SMARTS) is 1. The van der Waals surface area contributed by atoms with Crippen molar-refractivity contribution < 1.29 is 9.90 Å². The van der Waals surface area contributed by atoms with Crippen LogP contribution < -0.4 is 0 Å². The number of rotatable bonds is 6. The van der Waals surface area contributed by atoms with Crippen LogP contribution in [-0.4, -0.2) is 35.1 Å².